The molecule has 52 heavy (non-hydrogen) atoms. The fraction of sp³-hybridized carbons (Fsp3) is 0.410. The lowest BCUT2D eigenvalue weighted by Gasteiger charge is -2.22. The van der Waals surface area contributed by atoms with Crippen molar-refractivity contribution in [3.05, 3.63) is 72.9 Å². The monoisotopic (exact) mass is 708 g/mol. The summed E-state index contributed by atoms with van der Waals surface area (Å²) in [6.07, 6.45) is 18.1. The topological polar surface area (TPSA) is 136 Å². The third-order valence-electron chi connectivity index (χ3n) is 9.96. The quantitative estimate of drug-likeness (QED) is 0.124. The highest BCUT2D eigenvalue weighted by atomic mass is 19.3. The maximum atomic E-state index is 13.2. The predicted octanol–water partition coefficient (Wildman–Crippen LogP) is 8.36. The maximum absolute atomic E-state index is 13.2. The van der Waals surface area contributed by atoms with Crippen molar-refractivity contribution in [1.29, 1.82) is 10.5 Å². The number of aromatic nitrogens is 4. The number of hydrogen-bond donors (Lipinski definition) is 0. The summed E-state index contributed by atoms with van der Waals surface area (Å²) in [5, 5.41) is 18.9. The number of nitriles is 2. The van der Waals surface area contributed by atoms with Gasteiger partial charge in [-0.15, -0.1) is 0 Å². The van der Waals surface area contributed by atoms with E-state index in [0.717, 1.165) is 62.8 Å². The van der Waals surface area contributed by atoms with E-state index in [1.165, 1.54) is 13.2 Å². The molecular weight excluding hydrogens is 670 g/mol. The van der Waals surface area contributed by atoms with E-state index in [1.807, 2.05) is 28.9 Å². The van der Waals surface area contributed by atoms with Gasteiger partial charge in [-0.3, -0.25) is 9.20 Å². The summed E-state index contributed by atoms with van der Waals surface area (Å²) in [5.74, 6) is 1.24. The molecule has 0 amide bonds. The lowest BCUT2D eigenvalue weighted by Crippen LogP contribution is -2.30. The summed E-state index contributed by atoms with van der Waals surface area (Å²) in [6, 6.07) is 14.9. The number of halogens is 2. The van der Waals surface area contributed by atoms with E-state index in [1.54, 1.807) is 41.2 Å². The molecule has 3 aliphatic carbocycles. The summed E-state index contributed by atoms with van der Waals surface area (Å²) < 4.78 is 52.3. The zero-order valence-electron chi connectivity index (χ0n) is 28.8. The van der Waals surface area contributed by atoms with Crippen molar-refractivity contribution in [2.75, 3.05) is 7.11 Å². The fourth-order valence-corrected chi connectivity index (χ4v) is 7.06. The molecule has 3 fully saturated rings. The molecule has 5 aromatic rings. The van der Waals surface area contributed by atoms with Crippen molar-refractivity contribution in [1.82, 2.24) is 18.8 Å². The van der Waals surface area contributed by atoms with E-state index in [9.17, 15) is 24.1 Å². The number of Topliss-reactive ketones (excluding diaryl/α,β-unsaturated/α-hetero) is 1. The lowest BCUT2D eigenvalue weighted by atomic mass is 10.00. The van der Waals surface area contributed by atoms with Gasteiger partial charge in [0.15, 0.2) is 17.0 Å². The van der Waals surface area contributed by atoms with Crippen LogP contribution in [-0.4, -0.2) is 49.5 Å². The Bertz CT molecular complexity index is 2170. The predicted molar refractivity (Wildman–Crippen MR) is 186 cm³/mol. The van der Waals surface area contributed by atoms with E-state index in [-0.39, 0.29) is 35.2 Å². The minimum Gasteiger partial charge on any atom is -0.496 e. The van der Waals surface area contributed by atoms with Crippen molar-refractivity contribution in [2.45, 2.75) is 88.4 Å². The minimum atomic E-state index is -3.09. The van der Waals surface area contributed by atoms with Gasteiger partial charge in [-0.1, -0.05) is 0 Å². The van der Waals surface area contributed by atoms with Crippen LogP contribution in [0.4, 0.5) is 8.78 Å². The highest BCUT2D eigenvalue weighted by Crippen LogP contribution is 2.41. The number of hydrogen-bond acceptors (Lipinski definition) is 9. The van der Waals surface area contributed by atoms with Crippen LogP contribution in [0.5, 0.6) is 23.0 Å². The molecule has 8 rings (SSSR count). The lowest BCUT2D eigenvalue weighted by molar-refractivity contribution is -0.0502. The van der Waals surface area contributed by atoms with Gasteiger partial charge >= 0.3 is 6.61 Å². The van der Waals surface area contributed by atoms with Crippen LogP contribution >= 0.6 is 0 Å². The second-order valence-electron chi connectivity index (χ2n) is 13.6. The Morgan fingerprint density at radius 1 is 0.885 bits per heavy atom. The summed E-state index contributed by atoms with van der Waals surface area (Å²) in [7, 11) is 1.39. The number of carbonyl (C=O) groups is 1. The van der Waals surface area contributed by atoms with Gasteiger partial charge in [0.05, 0.1) is 19.0 Å². The number of benzene rings is 1. The van der Waals surface area contributed by atoms with Gasteiger partial charge in [-0.2, -0.15) is 19.3 Å². The van der Waals surface area contributed by atoms with Crippen LogP contribution in [0.1, 0.15) is 81.0 Å². The standard InChI is InChI=1S/C26H25F2N3O4.C13H13N3O/c1-33-21-11-17(12-22(34-25(27)28)24(21)20(32)10-16-4-5-16)19-14-30-23-13-18(6-9-31(19)23)35-26(15-29)7-2-3-8-26;14-10-13(4-1-2-5-13)17-11-3-7-16-8-6-15-12(16)9-11/h6,9,11-14,16,25H,2-5,7-8,10H2,1H3;3,6-9H,1-2,4-5H2. The molecule has 11 nitrogen and oxygen atoms in total. The largest absolute Gasteiger partial charge is 0.496 e. The number of carbonyl (C=O) groups excluding carboxylic acids is 1. The summed E-state index contributed by atoms with van der Waals surface area (Å²) in [6.45, 7) is -3.09. The van der Waals surface area contributed by atoms with E-state index < -0.39 is 17.8 Å². The first kappa shape index (κ1) is 34.7. The Hall–Kier alpha value is -5.69. The number of imidazole rings is 2. The van der Waals surface area contributed by atoms with E-state index >= 15 is 0 Å². The average molecular weight is 709 g/mol. The van der Waals surface area contributed by atoms with Crippen molar-refractivity contribution in [2.24, 2.45) is 5.92 Å². The van der Waals surface area contributed by atoms with Crippen LogP contribution in [0.25, 0.3) is 22.6 Å². The Labute approximate surface area is 299 Å². The number of ether oxygens (including phenoxy) is 4. The molecule has 1 aromatic carbocycles. The summed E-state index contributed by atoms with van der Waals surface area (Å²) >= 11 is 0. The van der Waals surface area contributed by atoms with Crippen molar-refractivity contribution < 1.29 is 32.5 Å². The van der Waals surface area contributed by atoms with Gasteiger partial charge in [-0.25, -0.2) is 9.97 Å². The maximum Gasteiger partial charge on any atom is 0.387 e. The Morgan fingerprint density at radius 3 is 2.10 bits per heavy atom. The molecule has 0 N–H and O–H groups in total. The van der Waals surface area contributed by atoms with Gasteiger partial charge in [0.25, 0.3) is 0 Å². The molecule has 0 saturated heterocycles. The third-order valence-corrected chi connectivity index (χ3v) is 9.96. The normalized spacial score (nSPS) is 17.3. The van der Waals surface area contributed by atoms with Gasteiger partial charge in [0.2, 0.25) is 0 Å². The second kappa shape index (κ2) is 14.5. The number of nitrogens with zero attached hydrogens (tertiary/aromatic N) is 6. The molecule has 3 saturated carbocycles. The molecule has 0 bridgehead atoms. The van der Waals surface area contributed by atoms with Crippen LogP contribution in [-0.2, 0) is 0 Å². The first-order valence-electron chi connectivity index (χ1n) is 17.5. The zero-order chi connectivity index (χ0) is 36.3. The van der Waals surface area contributed by atoms with E-state index in [0.29, 0.717) is 35.5 Å². The minimum absolute atomic E-state index is 0.0336. The number of fused-ring (bicyclic) bond motifs is 2. The van der Waals surface area contributed by atoms with Gasteiger partial charge in [0, 0.05) is 74.6 Å². The molecule has 4 heterocycles. The molecule has 0 spiro atoms. The van der Waals surface area contributed by atoms with Crippen LogP contribution in [0.15, 0.2) is 67.4 Å². The second-order valence-corrected chi connectivity index (χ2v) is 13.6. The Balaban J connectivity index is 0.000000206. The smallest absolute Gasteiger partial charge is 0.387 e. The van der Waals surface area contributed by atoms with E-state index in [4.69, 9.17) is 18.9 Å². The SMILES string of the molecule is COc1cc(-c2cnc3cc(OC4(C#N)CCCC4)ccn23)cc(OC(F)F)c1C(=O)CC1CC1.N#CC1(Oc2ccn3ccnc3c2)CCCC1. The van der Waals surface area contributed by atoms with E-state index in [2.05, 4.69) is 22.1 Å². The molecule has 4 aromatic heterocycles. The first-order chi connectivity index (χ1) is 25.2. The number of ketones is 1. The number of alkyl halides is 2. The summed E-state index contributed by atoms with van der Waals surface area (Å²) in [4.78, 5) is 21.5. The molecule has 0 radical (unpaired) electrons. The van der Waals surface area contributed by atoms with Crippen LogP contribution in [0.3, 0.4) is 0 Å². The first-order valence-corrected chi connectivity index (χ1v) is 17.5. The van der Waals surface area contributed by atoms with Crippen molar-refractivity contribution in [3.63, 3.8) is 0 Å². The third kappa shape index (κ3) is 7.35. The molecule has 13 heteroatoms. The van der Waals surface area contributed by atoms with Crippen LogP contribution in [0, 0.1) is 28.6 Å². The highest BCUT2D eigenvalue weighted by molar-refractivity contribution is 6.02. The molecule has 3 aliphatic rings. The van der Waals surface area contributed by atoms with Crippen molar-refractivity contribution in [3.8, 4) is 46.4 Å². The zero-order valence-corrected chi connectivity index (χ0v) is 28.8. The van der Waals surface area contributed by atoms with Crippen LogP contribution < -0.4 is 18.9 Å². The number of methoxy groups -OCH3 is 1. The van der Waals surface area contributed by atoms with Gasteiger partial charge in [-0.05, 0) is 68.7 Å². The molecular formula is C39H38F2N6O5. The van der Waals surface area contributed by atoms with Crippen LogP contribution in [0.2, 0.25) is 0 Å². The molecule has 0 atom stereocenters. The van der Waals surface area contributed by atoms with Gasteiger partial charge in [0.1, 0.15) is 52.0 Å². The number of rotatable bonds is 11. The van der Waals surface area contributed by atoms with Gasteiger partial charge < -0.3 is 23.3 Å². The number of pyridine rings is 2. The average Bonchev–Trinajstić information content (AvgIpc) is 3.58. The molecule has 0 unspecified atom stereocenters. The summed E-state index contributed by atoms with van der Waals surface area (Å²) in [5.41, 5.74) is 1.11. The fourth-order valence-electron chi connectivity index (χ4n) is 7.06. The van der Waals surface area contributed by atoms with Crippen molar-refractivity contribution >= 4 is 17.1 Å². The molecule has 0 aliphatic heterocycles. The highest BCUT2D eigenvalue weighted by Gasteiger charge is 2.37. The molecule has 268 valence electrons. The Morgan fingerprint density at radius 2 is 1.50 bits per heavy atom. The Kier molecular flexibility index (Phi) is 9.69.